The van der Waals surface area contributed by atoms with E-state index in [4.69, 9.17) is 14.2 Å². The van der Waals surface area contributed by atoms with Gasteiger partial charge in [0.15, 0.2) is 11.5 Å². The van der Waals surface area contributed by atoms with Gasteiger partial charge in [-0.25, -0.2) is 0 Å². The van der Waals surface area contributed by atoms with E-state index in [0.29, 0.717) is 42.6 Å². The molecule has 3 aromatic carbocycles. The highest BCUT2D eigenvalue weighted by atomic mass is 16.6. The summed E-state index contributed by atoms with van der Waals surface area (Å²) in [5.74, 6) is 2.57. The van der Waals surface area contributed by atoms with E-state index in [1.54, 1.807) is 0 Å². The molecule has 7 heteroatoms. The maximum atomic E-state index is 13.1. The number of benzene rings is 3. The summed E-state index contributed by atoms with van der Waals surface area (Å²) in [5.41, 5.74) is 1.54. The van der Waals surface area contributed by atoms with Crippen LogP contribution in [0.25, 0.3) is 0 Å². The van der Waals surface area contributed by atoms with Gasteiger partial charge in [-0.2, -0.15) is 0 Å². The van der Waals surface area contributed by atoms with E-state index in [1.165, 1.54) is 0 Å². The number of amides is 1. The first-order valence-corrected chi connectivity index (χ1v) is 12.6. The van der Waals surface area contributed by atoms with Crippen LogP contribution >= 0.6 is 0 Å². The highest BCUT2D eigenvalue weighted by molar-refractivity contribution is 5.79. The Balaban J connectivity index is 1.27. The maximum Gasteiger partial charge on any atom is 0.224 e. The van der Waals surface area contributed by atoms with E-state index in [2.05, 4.69) is 10.2 Å². The Morgan fingerprint density at radius 1 is 0.917 bits per heavy atom. The third-order valence-corrected chi connectivity index (χ3v) is 6.53. The number of aliphatic hydroxyl groups excluding tert-OH is 1. The van der Waals surface area contributed by atoms with Gasteiger partial charge in [-0.15, -0.1) is 0 Å². The van der Waals surface area contributed by atoms with E-state index in [-0.39, 0.29) is 12.3 Å². The predicted octanol–water partition coefficient (Wildman–Crippen LogP) is 4.11. The van der Waals surface area contributed by atoms with E-state index in [9.17, 15) is 9.90 Å². The van der Waals surface area contributed by atoms with E-state index in [1.807, 2.05) is 72.8 Å². The Labute approximate surface area is 211 Å². The van der Waals surface area contributed by atoms with E-state index < -0.39 is 12.1 Å². The quantitative estimate of drug-likeness (QED) is 0.472. The molecule has 0 aromatic heterocycles. The summed E-state index contributed by atoms with van der Waals surface area (Å²) in [5, 5.41) is 14.4. The van der Waals surface area contributed by atoms with Crippen LogP contribution in [-0.4, -0.2) is 54.8 Å². The molecule has 36 heavy (non-hydrogen) atoms. The fraction of sp³-hybridized carbons (Fsp3) is 0.345. The van der Waals surface area contributed by atoms with Crippen molar-refractivity contribution in [2.24, 2.45) is 0 Å². The van der Waals surface area contributed by atoms with Crippen molar-refractivity contribution in [2.45, 2.75) is 31.4 Å². The summed E-state index contributed by atoms with van der Waals surface area (Å²) in [6.07, 6.45) is 1.58. The van der Waals surface area contributed by atoms with Crippen molar-refractivity contribution in [3.8, 4) is 23.0 Å². The van der Waals surface area contributed by atoms with Crippen LogP contribution in [0.5, 0.6) is 23.0 Å². The molecule has 0 radical (unpaired) electrons. The monoisotopic (exact) mass is 488 g/mol. The summed E-state index contributed by atoms with van der Waals surface area (Å²) >= 11 is 0. The second-order valence-electron chi connectivity index (χ2n) is 9.27. The SMILES string of the molecule is O=C(Cc1cccc(Oc2ccccc2)c1)N[C@H](CN1CCCC1)[C@H](O)c1ccc2c(c1)OCCO2. The molecule has 7 nitrogen and oxygen atoms in total. The first-order chi connectivity index (χ1) is 17.6. The van der Waals surface area contributed by atoms with E-state index in [0.717, 1.165) is 37.2 Å². The van der Waals surface area contributed by atoms with Crippen LogP contribution in [0.1, 0.15) is 30.1 Å². The summed E-state index contributed by atoms with van der Waals surface area (Å²) in [4.78, 5) is 15.4. The van der Waals surface area contributed by atoms with Crippen LogP contribution in [0.2, 0.25) is 0 Å². The number of para-hydroxylation sites is 1. The number of carbonyl (C=O) groups is 1. The molecule has 1 amide bonds. The molecule has 2 heterocycles. The molecule has 2 aliphatic rings. The number of nitrogens with one attached hydrogen (secondary N) is 1. The highest BCUT2D eigenvalue weighted by Gasteiger charge is 2.28. The van der Waals surface area contributed by atoms with Crippen LogP contribution in [0.4, 0.5) is 0 Å². The van der Waals surface area contributed by atoms with Crippen LogP contribution in [-0.2, 0) is 11.2 Å². The van der Waals surface area contributed by atoms with Gasteiger partial charge >= 0.3 is 0 Å². The normalized spacial score (nSPS) is 16.8. The molecule has 0 spiro atoms. The van der Waals surface area contributed by atoms with Gasteiger partial charge in [0.2, 0.25) is 5.91 Å². The number of carbonyl (C=O) groups excluding carboxylic acids is 1. The number of aliphatic hydroxyl groups is 1. The second-order valence-corrected chi connectivity index (χ2v) is 9.27. The van der Waals surface area contributed by atoms with Crippen molar-refractivity contribution in [1.82, 2.24) is 10.2 Å². The number of ether oxygens (including phenoxy) is 3. The molecule has 0 bridgehead atoms. The molecule has 2 atom stereocenters. The van der Waals surface area contributed by atoms with Gasteiger partial charge in [-0.1, -0.05) is 36.4 Å². The molecule has 2 aliphatic heterocycles. The van der Waals surface area contributed by atoms with Gasteiger partial charge < -0.3 is 29.5 Å². The average Bonchev–Trinajstić information content (AvgIpc) is 3.41. The number of hydrogen-bond acceptors (Lipinski definition) is 6. The molecule has 2 N–H and O–H groups in total. The van der Waals surface area contributed by atoms with E-state index >= 15 is 0 Å². The third kappa shape index (κ3) is 6.17. The van der Waals surface area contributed by atoms with Gasteiger partial charge in [0.05, 0.1) is 12.5 Å². The number of rotatable bonds is 9. The Bertz CT molecular complexity index is 1160. The molecule has 0 unspecified atom stereocenters. The Hall–Kier alpha value is -3.55. The van der Waals surface area contributed by atoms with Crippen LogP contribution in [0.15, 0.2) is 72.8 Å². The summed E-state index contributed by atoms with van der Waals surface area (Å²) in [6.45, 7) is 3.52. The zero-order valence-corrected chi connectivity index (χ0v) is 20.3. The predicted molar refractivity (Wildman–Crippen MR) is 137 cm³/mol. The molecule has 5 rings (SSSR count). The van der Waals surface area contributed by atoms with Crippen molar-refractivity contribution in [3.63, 3.8) is 0 Å². The van der Waals surface area contributed by atoms with Gasteiger partial charge in [0.25, 0.3) is 0 Å². The average molecular weight is 489 g/mol. The van der Waals surface area contributed by atoms with Gasteiger partial charge in [0, 0.05) is 6.54 Å². The lowest BCUT2D eigenvalue weighted by atomic mass is 10.0. The number of fused-ring (bicyclic) bond motifs is 1. The lowest BCUT2D eigenvalue weighted by molar-refractivity contribution is -0.122. The Morgan fingerprint density at radius 3 is 2.47 bits per heavy atom. The first-order valence-electron chi connectivity index (χ1n) is 12.6. The fourth-order valence-corrected chi connectivity index (χ4v) is 4.73. The smallest absolute Gasteiger partial charge is 0.224 e. The standard InChI is InChI=1S/C29H32N2O5/c32-28(18-21-7-6-10-24(17-21)36-23-8-2-1-3-9-23)30-25(20-31-13-4-5-14-31)29(33)22-11-12-26-27(19-22)35-16-15-34-26/h1-3,6-12,17,19,25,29,33H,4-5,13-16,18,20H2,(H,30,32)/t25-,29-/m1/s1. The van der Waals surface area contributed by atoms with Gasteiger partial charge in [-0.05, 0) is 73.5 Å². The fourth-order valence-electron chi connectivity index (χ4n) is 4.73. The summed E-state index contributed by atoms with van der Waals surface area (Å²) in [6, 6.07) is 22.1. The second kappa shape index (κ2) is 11.5. The molecule has 0 aliphatic carbocycles. The Kier molecular flexibility index (Phi) is 7.69. The maximum absolute atomic E-state index is 13.1. The molecule has 0 saturated carbocycles. The zero-order chi connectivity index (χ0) is 24.7. The zero-order valence-electron chi connectivity index (χ0n) is 20.3. The van der Waals surface area contributed by atoms with Crippen LogP contribution < -0.4 is 19.5 Å². The largest absolute Gasteiger partial charge is 0.486 e. The van der Waals surface area contributed by atoms with Crippen molar-refractivity contribution >= 4 is 5.91 Å². The molecule has 1 fully saturated rings. The minimum absolute atomic E-state index is 0.146. The summed E-state index contributed by atoms with van der Waals surface area (Å²) < 4.78 is 17.2. The summed E-state index contributed by atoms with van der Waals surface area (Å²) in [7, 11) is 0. The molecular weight excluding hydrogens is 456 g/mol. The minimum Gasteiger partial charge on any atom is -0.486 e. The molecular formula is C29H32N2O5. The van der Waals surface area contributed by atoms with Crippen LogP contribution in [0, 0.1) is 0 Å². The number of likely N-dealkylation sites (tertiary alicyclic amines) is 1. The highest BCUT2D eigenvalue weighted by Crippen LogP contribution is 2.33. The van der Waals surface area contributed by atoms with Gasteiger partial charge in [-0.3, -0.25) is 4.79 Å². The molecule has 1 saturated heterocycles. The molecule has 3 aromatic rings. The van der Waals surface area contributed by atoms with Crippen molar-refractivity contribution in [2.75, 3.05) is 32.8 Å². The first kappa shape index (κ1) is 24.2. The lowest BCUT2D eigenvalue weighted by Gasteiger charge is -2.29. The minimum atomic E-state index is -0.877. The van der Waals surface area contributed by atoms with Gasteiger partial charge in [0.1, 0.15) is 30.8 Å². The number of hydrogen-bond donors (Lipinski definition) is 2. The molecule has 188 valence electrons. The van der Waals surface area contributed by atoms with Crippen molar-refractivity contribution in [1.29, 1.82) is 0 Å². The topological polar surface area (TPSA) is 80.3 Å². The lowest BCUT2D eigenvalue weighted by Crippen LogP contribution is -2.47. The van der Waals surface area contributed by atoms with Crippen molar-refractivity contribution in [3.05, 3.63) is 83.9 Å². The third-order valence-electron chi connectivity index (χ3n) is 6.53. The number of nitrogens with zero attached hydrogens (tertiary/aromatic N) is 1. The van der Waals surface area contributed by atoms with Crippen LogP contribution in [0.3, 0.4) is 0 Å². The van der Waals surface area contributed by atoms with Crippen molar-refractivity contribution < 1.29 is 24.1 Å². The Morgan fingerprint density at radius 2 is 1.67 bits per heavy atom.